The Kier molecular flexibility index (Phi) is 6.45. The Hall–Kier alpha value is -2.25. The number of quaternary nitrogens is 1. The Labute approximate surface area is 144 Å². The zero-order chi connectivity index (χ0) is 17.5. The van der Waals surface area contributed by atoms with Crippen molar-refractivity contribution in [1.82, 2.24) is 5.32 Å². The summed E-state index contributed by atoms with van der Waals surface area (Å²) in [5.74, 6) is -0.687. The van der Waals surface area contributed by atoms with Crippen molar-refractivity contribution in [2.24, 2.45) is 0 Å². The van der Waals surface area contributed by atoms with Gasteiger partial charge in [-0.15, -0.1) is 11.3 Å². The van der Waals surface area contributed by atoms with Crippen molar-refractivity contribution in [2.45, 2.75) is 13.0 Å². The number of halogens is 1. The second-order valence-corrected chi connectivity index (χ2v) is 6.65. The molecule has 7 heteroatoms. The Morgan fingerprint density at radius 2 is 1.83 bits per heavy atom. The van der Waals surface area contributed by atoms with E-state index in [1.54, 1.807) is 18.4 Å². The van der Waals surface area contributed by atoms with Gasteiger partial charge in [-0.1, -0.05) is 6.07 Å². The van der Waals surface area contributed by atoms with Crippen LogP contribution in [-0.2, 0) is 9.59 Å². The molecule has 0 aliphatic rings. The first-order valence-corrected chi connectivity index (χ1v) is 8.51. The lowest BCUT2D eigenvalue weighted by molar-refractivity contribution is -0.862. The van der Waals surface area contributed by atoms with Gasteiger partial charge in [0.1, 0.15) is 5.82 Å². The smallest absolute Gasteiger partial charge is 0.279 e. The van der Waals surface area contributed by atoms with E-state index in [1.807, 2.05) is 24.4 Å². The van der Waals surface area contributed by atoms with Gasteiger partial charge in [0, 0.05) is 10.6 Å². The van der Waals surface area contributed by atoms with Gasteiger partial charge in [-0.05, 0) is 42.6 Å². The van der Waals surface area contributed by atoms with Crippen LogP contribution in [0.2, 0.25) is 0 Å². The minimum Gasteiger partial charge on any atom is -0.344 e. The highest BCUT2D eigenvalue weighted by atomic mass is 32.1. The predicted octanol–water partition coefficient (Wildman–Crippen LogP) is 1.22. The Bertz CT molecular complexity index is 674. The largest absolute Gasteiger partial charge is 0.344 e. The van der Waals surface area contributed by atoms with Crippen LogP contribution in [0.4, 0.5) is 10.1 Å². The summed E-state index contributed by atoms with van der Waals surface area (Å²) in [6, 6.07) is 9.44. The van der Waals surface area contributed by atoms with E-state index in [0.29, 0.717) is 5.69 Å². The first-order chi connectivity index (χ1) is 11.4. The number of anilines is 1. The third-order valence-corrected chi connectivity index (χ3v) is 4.46. The van der Waals surface area contributed by atoms with Crippen LogP contribution in [0.1, 0.15) is 17.8 Å². The molecule has 5 nitrogen and oxygen atoms in total. The lowest BCUT2D eigenvalue weighted by atomic mass is 10.2. The molecule has 0 aliphatic heterocycles. The highest BCUT2D eigenvalue weighted by Crippen LogP contribution is 2.17. The minimum absolute atomic E-state index is 0.0432. The van der Waals surface area contributed by atoms with Crippen LogP contribution in [0, 0.1) is 5.82 Å². The number of amides is 2. The summed E-state index contributed by atoms with van der Waals surface area (Å²) in [6.45, 7) is 2.28. The molecule has 1 aromatic heterocycles. The standard InChI is InChI=1S/C17H20FN3O2S/c1-12(15-4-3-9-24-15)19-16(22)10-21(2)11-17(23)20-14-7-5-13(18)6-8-14/h3-9,12H,10-11H2,1-2H3,(H,19,22)(H,20,23)/p+1/t12-/m1/s1. The number of thiophene rings is 1. The number of benzene rings is 1. The monoisotopic (exact) mass is 350 g/mol. The topological polar surface area (TPSA) is 62.6 Å². The van der Waals surface area contributed by atoms with Crippen molar-refractivity contribution in [1.29, 1.82) is 0 Å². The van der Waals surface area contributed by atoms with E-state index in [2.05, 4.69) is 10.6 Å². The summed E-state index contributed by atoms with van der Waals surface area (Å²) in [6.07, 6.45) is 0. The first kappa shape index (κ1) is 18.1. The average Bonchev–Trinajstić information content (AvgIpc) is 3.03. The molecular formula is C17H21FN3O2S+. The molecule has 0 bridgehead atoms. The molecule has 1 aromatic carbocycles. The molecule has 2 aromatic rings. The number of hydrogen-bond donors (Lipinski definition) is 3. The maximum Gasteiger partial charge on any atom is 0.279 e. The van der Waals surface area contributed by atoms with Crippen LogP contribution in [0.5, 0.6) is 0 Å². The van der Waals surface area contributed by atoms with Crippen LogP contribution in [-0.4, -0.2) is 32.0 Å². The van der Waals surface area contributed by atoms with E-state index in [0.717, 1.165) is 9.78 Å². The number of likely N-dealkylation sites (N-methyl/N-ethyl adjacent to an activating group) is 1. The Morgan fingerprint density at radius 3 is 2.46 bits per heavy atom. The van der Waals surface area contributed by atoms with Gasteiger partial charge >= 0.3 is 0 Å². The molecule has 3 N–H and O–H groups in total. The fourth-order valence-electron chi connectivity index (χ4n) is 2.25. The number of carbonyl (C=O) groups excluding carboxylic acids is 2. The normalized spacial score (nSPS) is 13.1. The van der Waals surface area contributed by atoms with E-state index < -0.39 is 0 Å². The Balaban J connectivity index is 1.75. The molecule has 0 saturated heterocycles. The average molecular weight is 350 g/mol. The van der Waals surface area contributed by atoms with E-state index in [1.165, 1.54) is 24.3 Å². The van der Waals surface area contributed by atoms with Gasteiger partial charge in [0.25, 0.3) is 11.8 Å². The highest BCUT2D eigenvalue weighted by Gasteiger charge is 2.16. The van der Waals surface area contributed by atoms with Gasteiger partial charge in [-0.2, -0.15) is 0 Å². The third kappa shape index (κ3) is 5.75. The Morgan fingerprint density at radius 1 is 1.17 bits per heavy atom. The molecule has 1 unspecified atom stereocenters. The van der Waals surface area contributed by atoms with E-state index in [9.17, 15) is 14.0 Å². The van der Waals surface area contributed by atoms with Crippen LogP contribution in [0.25, 0.3) is 0 Å². The van der Waals surface area contributed by atoms with Crippen LogP contribution < -0.4 is 15.5 Å². The number of hydrogen-bond acceptors (Lipinski definition) is 3. The first-order valence-electron chi connectivity index (χ1n) is 7.63. The van der Waals surface area contributed by atoms with Crippen molar-refractivity contribution in [2.75, 3.05) is 25.5 Å². The predicted molar refractivity (Wildman–Crippen MR) is 92.5 cm³/mol. The highest BCUT2D eigenvalue weighted by molar-refractivity contribution is 7.10. The molecule has 128 valence electrons. The molecule has 0 spiro atoms. The lowest BCUT2D eigenvalue weighted by Gasteiger charge is -2.16. The number of carbonyl (C=O) groups is 2. The van der Waals surface area contributed by atoms with Gasteiger partial charge in [0.15, 0.2) is 13.1 Å². The fourth-order valence-corrected chi connectivity index (χ4v) is 2.98. The molecule has 0 saturated carbocycles. The van der Waals surface area contributed by atoms with Gasteiger partial charge in [0.2, 0.25) is 0 Å². The minimum atomic E-state index is -0.354. The van der Waals surface area contributed by atoms with Crippen LogP contribution >= 0.6 is 11.3 Å². The molecule has 0 aliphatic carbocycles. The van der Waals surface area contributed by atoms with Crippen molar-refractivity contribution in [3.05, 3.63) is 52.5 Å². The van der Waals surface area contributed by atoms with Gasteiger partial charge in [0.05, 0.1) is 13.1 Å². The fraction of sp³-hybridized carbons (Fsp3) is 0.294. The second-order valence-electron chi connectivity index (χ2n) is 5.67. The summed E-state index contributed by atoms with van der Waals surface area (Å²) < 4.78 is 12.8. The van der Waals surface area contributed by atoms with Crippen LogP contribution in [0.15, 0.2) is 41.8 Å². The summed E-state index contributed by atoms with van der Waals surface area (Å²) >= 11 is 1.59. The summed E-state index contributed by atoms with van der Waals surface area (Å²) in [5, 5.41) is 7.57. The number of rotatable bonds is 7. The van der Waals surface area contributed by atoms with Crippen LogP contribution in [0.3, 0.4) is 0 Å². The molecule has 24 heavy (non-hydrogen) atoms. The number of nitrogens with one attached hydrogen (secondary N) is 3. The molecule has 2 amide bonds. The second kappa shape index (κ2) is 8.56. The van der Waals surface area contributed by atoms with E-state index in [-0.39, 0.29) is 36.8 Å². The molecule has 2 rings (SSSR count). The summed E-state index contributed by atoms with van der Waals surface area (Å²) in [4.78, 5) is 25.8. The lowest BCUT2D eigenvalue weighted by Crippen LogP contribution is -3.11. The van der Waals surface area contributed by atoms with Gasteiger partial charge in [-0.3, -0.25) is 9.59 Å². The van der Waals surface area contributed by atoms with Gasteiger partial charge < -0.3 is 15.5 Å². The quantitative estimate of drug-likeness (QED) is 0.703. The molecule has 0 fully saturated rings. The summed E-state index contributed by atoms with van der Waals surface area (Å²) in [7, 11) is 1.78. The third-order valence-electron chi connectivity index (χ3n) is 3.40. The van der Waals surface area contributed by atoms with Crippen molar-refractivity contribution in [3.8, 4) is 0 Å². The zero-order valence-electron chi connectivity index (χ0n) is 13.6. The molecule has 0 radical (unpaired) electrons. The van der Waals surface area contributed by atoms with Gasteiger partial charge in [-0.25, -0.2) is 4.39 Å². The van der Waals surface area contributed by atoms with Crippen molar-refractivity contribution in [3.63, 3.8) is 0 Å². The molecule has 2 atom stereocenters. The maximum absolute atomic E-state index is 12.8. The molecular weight excluding hydrogens is 329 g/mol. The SMILES string of the molecule is C[C@@H](NC(=O)C[NH+](C)CC(=O)Nc1ccc(F)cc1)c1cccs1. The van der Waals surface area contributed by atoms with E-state index >= 15 is 0 Å². The maximum atomic E-state index is 12.8. The molecule has 1 heterocycles. The van der Waals surface area contributed by atoms with E-state index in [4.69, 9.17) is 0 Å². The van der Waals surface area contributed by atoms with Crippen molar-refractivity contribution < 1.29 is 18.9 Å². The summed E-state index contributed by atoms with van der Waals surface area (Å²) in [5.41, 5.74) is 0.532. The van der Waals surface area contributed by atoms with Crippen molar-refractivity contribution >= 4 is 28.8 Å². The zero-order valence-corrected chi connectivity index (χ0v) is 14.5.